The van der Waals surface area contributed by atoms with E-state index in [0.29, 0.717) is 24.9 Å². The van der Waals surface area contributed by atoms with Gasteiger partial charge in [0.05, 0.1) is 0 Å². The molecule has 0 radical (unpaired) electrons. The largest absolute Gasteiger partial charge is 0.374 e. The van der Waals surface area contributed by atoms with Gasteiger partial charge in [-0.1, -0.05) is 29.5 Å². The van der Waals surface area contributed by atoms with Crippen LogP contribution in [0.2, 0.25) is 0 Å². The first-order valence-electron chi connectivity index (χ1n) is 6.38. The highest BCUT2D eigenvalue weighted by Gasteiger charge is 2.06. The monoisotopic (exact) mass is 290 g/mol. The van der Waals surface area contributed by atoms with Gasteiger partial charge in [0.1, 0.15) is 17.5 Å². The van der Waals surface area contributed by atoms with E-state index in [2.05, 4.69) is 46.6 Å². The third-order valence-electron chi connectivity index (χ3n) is 2.58. The molecule has 20 heavy (non-hydrogen) atoms. The number of nitrogens with two attached hydrogens (primary N) is 1. The summed E-state index contributed by atoms with van der Waals surface area (Å²) in [6, 6.07) is 10.1. The topological polar surface area (TPSA) is 73.1 Å². The Labute approximate surface area is 122 Å². The summed E-state index contributed by atoms with van der Waals surface area (Å²) in [5, 5.41) is 0.839. The van der Waals surface area contributed by atoms with Gasteiger partial charge in [0.25, 0.3) is 0 Å². The summed E-state index contributed by atoms with van der Waals surface area (Å²) in [6.07, 6.45) is 0. The summed E-state index contributed by atoms with van der Waals surface area (Å²) in [5.41, 5.74) is 3.79. The molecule has 0 unspecified atom stereocenters. The normalized spacial score (nSPS) is 10.6. The van der Waals surface area contributed by atoms with Crippen molar-refractivity contribution in [2.75, 3.05) is 12.0 Å². The van der Waals surface area contributed by atoms with Crippen molar-refractivity contribution in [3.05, 3.63) is 41.7 Å². The summed E-state index contributed by atoms with van der Waals surface area (Å²) in [7, 11) is 0. The second-order valence-electron chi connectivity index (χ2n) is 4.20. The van der Waals surface area contributed by atoms with E-state index in [1.807, 2.05) is 13.0 Å². The lowest BCUT2D eigenvalue weighted by Gasteiger charge is -2.07. The Bertz CT molecular complexity index is 560. The fraction of sp³-hybridized carbons (Fsp3) is 0.286. The minimum Gasteiger partial charge on any atom is -0.374 e. The average Bonchev–Trinajstić information content (AvgIpc) is 2.47. The molecule has 0 bridgehead atoms. The standard InChI is InChI=1S/C14H18N4OS/c1-3-19-9-13-16-12(18-15)8-14(17-13)20-11-6-4-10(2)5-7-11/h4-8H,3,9,15H2,1-2H3,(H,16,17,18). The predicted octanol–water partition coefficient (Wildman–Crippen LogP) is 2.76. The van der Waals surface area contributed by atoms with Crippen LogP contribution in [0.15, 0.2) is 40.3 Å². The molecular weight excluding hydrogens is 272 g/mol. The first-order chi connectivity index (χ1) is 9.71. The molecule has 1 aromatic heterocycles. The maximum atomic E-state index is 5.44. The number of aromatic nitrogens is 2. The molecule has 0 aliphatic rings. The maximum absolute atomic E-state index is 5.44. The molecule has 0 fully saturated rings. The molecule has 106 valence electrons. The maximum Gasteiger partial charge on any atom is 0.157 e. The second kappa shape index (κ2) is 7.23. The molecule has 6 heteroatoms. The SMILES string of the molecule is CCOCc1nc(NN)cc(Sc2ccc(C)cc2)n1. The van der Waals surface area contributed by atoms with Gasteiger partial charge in [0, 0.05) is 17.6 Å². The fourth-order valence-electron chi connectivity index (χ4n) is 1.58. The minimum absolute atomic E-state index is 0.382. The molecular formula is C14H18N4OS. The molecule has 5 nitrogen and oxygen atoms in total. The van der Waals surface area contributed by atoms with Crippen molar-refractivity contribution in [3.63, 3.8) is 0 Å². The first kappa shape index (κ1) is 14.8. The zero-order valence-corrected chi connectivity index (χ0v) is 12.4. The second-order valence-corrected chi connectivity index (χ2v) is 5.30. The Hall–Kier alpha value is -1.63. The molecule has 0 amide bonds. The van der Waals surface area contributed by atoms with Crippen LogP contribution >= 0.6 is 11.8 Å². The predicted molar refractivity (Wildman–Crippen MR) is 80.5 cm³/mol. The number of hydrazine groups is 1. The number of hydrogen-bond donors (Lipinski definition) is 2. The third kappa shape index (κ3) is 4.19. The van der Waals surface area contributed by atoms with Crippen LogP contribution in [0.1, 0.15) is 18.3 Å². The number of nitrogens with zero attached hydrogens (tertiary/aromatic N) is 2. The van der Waals surface area contributed by atoms with Gasteiger partial charge in [-0.3, -0.25) is 0 Å². The average molecular weight is 290 g/mol. The molecule has 0 saturated carbocycles. The Kier molecular flexibility index (Phi) is 5.34. The highest BCUT2D eigenvalue weighted by Crippen LogP contribution is 2.27. The Morgan fingerprint density at radius 1 is 1.25 bits per heavy atom. The zero-order valence-electron chi connectivity index (χ0n) is 11.6. The van der Waals surface area contributed by atoms with Crippen LogP contribution in [0, 0.1) is 6.92 Å². The number of nitrogen functional groups attached to an aromatic ring is 1. The molecule has 2 aromatic rings. The van der Waals surface area contributed by atoms with Gasteiger partial charge in [-0.15, -0.1) is 0 Å². The number of nitrogens with one attached hydrogen (secondary N) is 1. The van der Waals surface area contributed by atoms with Crippen molar-refractivity contribution >= 4 is 17.6 Å². The van der Waals surface area contributed by atoms with Crippen LogP contribution in [-0.4, -0.2) is 16.6 Å². The van der Waals surface area contributed by atoms with Crippen molar-refractivity contribution in [1.29, 1.82) is 0 Å². The van der Waals surface area contributed by atoms with Crippen LogP contribution in [0.25, 0.3) is 0 Å². The summed E-state index contributed by atoms with van der Waals surface area (Å²) in [5.74, 6) is 6.65. The summed E-state index contributed by atoms with van der Waals surface area (Å²) in [4.78, 5) is 9.85. The highest BCUT2D eigenvalue weighted by atomic mass is 32.2. The fourth-order valence-corrected chi connectivity index (χ4v) is 2.42. The highest BCUT2D eigenvalue weighted by molar-refractivity contribution is 7.99. The number of anilines is 1. The lowest BCUT2D eigenvalue weighted by atomic mass is 10.2. The lowest BCUT2D eigenvalue weighted by Crippen LogP contribution is -2.11. The van der Waals surface area contributed by atoms with Crippen LogP contribution in [0.3, 0.4) is 0 Å². The molecule has 1 aromatic carbocycles. The number of aryl methyl sites for hydroxylation is 1. The van der Waals surface area contributed by atoms with E-state index < -0.39 is 0 Å². The molecule has 0 saturated heterocycles. The number of ether oxygens (including phenoxy) is 1. The third-order valence-corrected chi connectivity index (χ3v) is 3.50. The van der Waals surface area contributed by atoms with Crippen LogP contribution in [0.5, 0.6) is 0 Å². The van der Waals surface area contributed by atoms with Crippen LogP contribution < -0.4 is 11.3 Å². The molecule has 0 atom stereocenters. The van der Waals surface area contributed by atoms with E-state index >= 15 is 0 Å². The lowest BCUT2D eigenvalue weighted by molar-refractivity contribution is 0.128. The Morgan fingerprint density at radius 2 is 2.00 bits per heavy atom. The number of benzene rings is 1. The summed E-state index contributed by atoms with van der Waals surface area (Å²) >= 11 is 1.57. The molecule has 1 heterocycles. The van der Waals surface area contributed by atoms with Crippen molar-refractivity contribution in [2.45, 2.75) is 30.4 Å². The van der Waals surface area contributed by atoms with Crippen molar-refractivity contribution in [3.8, 4) is 0 Å². The summed E-state index contributed by atoms with van der Waals surface area (Å²) in [6.45, 7) is 5.01. The minimum atomic E-state index is 0.382. The Morgan fingerprint density at radius 3 is 2.65 bits per heavy atom. The van der Waals surface area contributed by atoms with Crippen LogP contribution in [0.4, 0.5) is 5.82 Å². The van der Waals surface area contributed by atoms with Crippen LogP contribution in [-0.2, 0) is 11.3 Å². The molecule has 3 N–H and O–H groups in total. The van der Waals surface area contributed by atoms with E-state index in [1.165, 1.54) is 5.56 Å². The van der Waals surface area contributed by atoms with E-state index in [0.717, 1.165) is 9.92 Å². The van der Waals surface area contributed by atoms with Gasteiger partial charge in [0.15, 0.2) is 5.82 Å². The van der Waals surface area contributed by atoms with Gasteiger partial charge in [-0.05, 0) is 26.0 Å². The smallest absolute Gasteiger partial charge is 0.157 e. The molecule has 2 rings (SSSR count). The molecule has 0 aliphatic carbocycles. The van der Waals surface area contributed by atoms with Crippen molar-refractivity contribution in [1.82, 2.24) is 9.97 Å². The molecule has 0 spiro atoms. The van der Waals surface area contributed by atoms with E-state index in [9.17, 15) is 0 Å². The van der Waals surface area contributed by atoms with Gasteiger partial charge in [-0.25, -0.2) is 15.8 Å². The van der Waals surface area contributed by atoms with Gasteiger partial charge >= 0.3 is 0 Å². The van der Waals surface area contributed by atoms with E-state index in [1.54, 1.807) is 11.8 Å². The van der Waals surface area contributed by atoms with Crippen molar-refractivity contribution in [2.24, 2.45) is 5.84 Å². The molecule has 0 aliphatic heterocycles. The quantitative estimate of drug-likeness (QED) is 0.484. The Balaban J connectivity index is 2.19. The van der Waals surface area contributed by atoms with Crippen molar-refractivity contribution < 1.29 is 4.74 Å². The van der Waals surface area contributed by atoms with Gasteiger partial charge in [0.2, 0.25) is 0 Å². The zero-order chi connectivity index (χ0) is 14.4. The van der Waals surface area contributed by atoms with E-state index in [4.69, 9.17) is 10.6 Å². The number of rotatable bonds is 6. The first-order valence-corrected chi connectivity index (χ1v) is 7.19. The number of hydrogen-bond acceptors (Lipinski definition) is 6. The summed E-state index contributed by atoms with van der Waals surface area (Å²) < 4.78 is 5.34. The van der Waals surface area contributed by atoms with E-state index in [-0.39, 0.29) is 0 Å². The van der Waals surface area contributed by atoms with Gasteiger partial charge < -0.3 is 10.2 Å². The van der Waals surface area contributed by atoms with Gasteiger partial charge in [-0.2, -0.15) is 0 Å².